The molecule has 1 aliphatic rings. The van der Waals surface area contributed by atoms with Gasteiger partial charge in [0.2, 0.25) is 0 Å². The topological polar surface area (TPSA) is 48.5 Å². The molecule has 1 aromatic heterocycles. The summed E-state index contributed by atoms with van der Waals surface area (Å²) >= 11 is 5.96. The van der Waals surface area contributed by atoms with Gasteiger partial charge in [0.25, 0.3) is 0 Å². The second kappa shape index (κ2) is 6.66. The minimum Gasteiger partial charge on any atom is -0.352 e. The van der Waals surface area contributed by atoms with Crippen LogP contribution in [0.5, 0.6) is 0 Å². The lowest BCUT2D eigenvalue weighted by atomic mass is 10.1. The van der Waals surface area contributed by atoms with Gasteiger partial charge in [-0.05, 0) is 26.8 Å². The van der Waals surface area contributed by atoms with Gasteiger partial charge in [-0.15, -0.1) is 0 Å². The van der Waals surface area contributed by atoms with Gasteiger partial charge in [-0.2, -0.15) is 13.2 Å². The molecule has 2 rings (SSSR count). The molecule has 0 atom stereocenters. The maximum atomic E-state index is 12.7. The van der Waals surface area contributed by atoms with Crippen LogP contribution in [0.3, 0.4) is 0 Å². The summed E-state index contributed by atoms with van der Waals surface area (Å²) in [6.45, 7) is 7.49. The Bertz CT molecular complexity index is 608. The molecule has 134 valence electrons. The van der Waals surface area contributed by atoms with Gasteiger partial charge in [0, 0.05) is 37.9 Å². The quantitative estimate of drug-likeness (QED) is 0.831. The van der Waals surface area contributed by atoms with Crippen molar-refractivity contribution in [3.63, 3.8) is 0 Å². The van der Waals surface area contributed by atoms with Crippen LogP contribution in [0.15, 0.2) is 12.3 Å². The van der Waals surface area contributed by atoms with Gasteiger partial charge in [0.1, 0.15) is 5.82 Å². The zero-order valence-corrected chi connectivity index (χ0v) is 14.5. The summed E-state index contributed by atoms with van der Waals surface area (Å²) < 4.78 is 38.0. The number of amides is 2. The largest absolute Gasteiger partial charge is 0.417 e. The van der Waals surface area contributed by atoms with Gasteiger partial charge in [0.05, 0.1) is 10.6 Å². The molecule has 5 nitrogen and oxygen atoms in total. The Morgan fingerprint density at radius 3 is 2.25 bits per heavy atom. The first-order valence-electron chi connectivity index (χ1n) is 7.52. The highest BCUT2D eigenvalue weighted by molar-refractivity contribution is 6.33. The standard InChI is InChI=1S/C15H20ClF3N4O/c1-14(2,3)21-13(24)23-6-4-22(5-7-23)12-11(16)8-10(9-20-12)15(17,18)19/h8-9H,4-7H2,1-3H3,(H,21,24). The number of rotatable bonds is 1. The smallest absolute Gasteiger partial charge is 0.352 e. The van der Waals surface area contributed by atoms with Gasteiger partial charge in [0.15, 0.2) is 0 Å². The van der Waals surface area contributed by atoms with Crippen molar-refractivity contribution in [1.82, 2.24) is 15.2 Å². The minimum atomic E-state index is -4.47. The molecule has 0 saturated carbocycles. The van der Waals surface area contributed by atoms with Crippen molar-refractivity contribution in [2.75, 3.05) is 31.1 Å². The number of carbonyl (C=O) groups excluding carboxylic acids is 1. The van der Waals surface area contributed by atoms with E-state index in [1.807, 2.05) is 20.8 Å². The predicted molar refractivity (Wildman–Crippen MR) is 86.3 cm³/mol. The van der Waals surface area contributed by atoms with Crippen molar-refractivity contribution in [3.05, 3.63) is 22.8 Å². The number of carbonyl (C=O) groups is 1. The van der Waals surface area contributed by atoms with Gasteiger partial charge >= 0.3 is 12.2 Å². The van der Waals surface area contributed by atoms with Crippen LogP contribution in [0.2, 0.25) is 5.02 Å². The highest BCUT2D eigenvalue weighted by Gasteiger charge is 2.32. The third kappa shape index (κ3) is 4.66. The molecule has 1 aliphatic heterocycles. The number of alkyl halides is 3. The third-order valence-electron chi connectivity index (χ3n) is 3.50. The van der Waals surface area contributed by atoms with Gasteiger partial charge in [-0.1, -0.05) is 11.6 Å². The van der Waals surface area contributed by atoms with E-state index in [9.17, 15) is 18.0 Å². The Morgan fingerprint density at radius 1 is 1.21 bits per heavy atom. The number of pyridine rings is 1. The van der Waals surface area contributed by atoms with E-state index in [-0.39, 0.29) is 16.6 Å². The first-order chi connectivity index (χ1) is 11.0. The summed E-state index contributed by atoms with van der Waals surface area (Å²) in [5.41, 5.74) is -1.20. The molecule has 0 aliphatic carbocycles. The molecule has 1 saturated heterocycles. The van der Waals surface area contributed by atoms with E-state index in [2.05, 4.69) is 10.3 Å². The van der Waals surface area contributed by atoms with Crippen molar-refractivity contribution >= 4 is 23.4 Å². The molecule has 0 radical (unpaired) electrons. The molecule has 1 aromatic rings. The number of nitrogens with one attached hydrogen (secondary N) is 1. The Morgan fingerprint density at radius 2 is 1.79 bits per heavy atom. The molecule has 9 heteroatoms. The van der Waals surface area contributed by atoms with E-state index in [1.54, 1.807) is 9.80 Å². The number of halogens is 4. The average molecular weight is 365 g/mol. The van der Waals surface area contributed by atoms with Crippen molar-refractivity contribution < 1.29 is 18.0 Å². The molecular weight excluding hydrogens is 345 g/mol. The maximum absolute atomic E-state index is 12.7. The highest BCUT2D eigenvalue weighted by Crippen LogP contribution is 2.33. The molecule has 2 amide bonds. The number of piperazine rings is 1. The van der Waals surface area contributed by atoms with Crippen LogP contribution in [0.1, 0.15) is 26.3 Å². The molecule has 1 fully saturated rings. The second-order valence-electron chi connectivity index (χ2n) is 6.68. The van der Waals surface area contributed by atoms with Crippen molar-refractivity contribution in [2.45, 2.75) is 32.5 Å². The number of hydrogen-bond acceptors (Lipinski definition) is 3. The summed E-state index contributed by atoms with van der Waals surface area (Å²) in [6, 6.07) is 0.719. The van der Waals surface area contributed by atoms with Gasteiger partial charge in [-0.3, -0.25) is 0 Å². The zero-order chi connectivity index (χ0) is 18.1. The number of aromatic nitrogens is 1. The molecule has 0 spiro atoms. The molecular formula is C15H20ClF3N4O. The predicted octanol–water partition coefficient (Wildman–Crippen LogP) is 3.38. The number of anilines is 1. The number of hydrogen-bond donors (Lipinski definition) is 1. The monoisotopic (exact) mass is 364 g/mol. The van der Waals surface area contributed by atoms with E-state index in [4.69, 9.17) is 11.6 Å². The average Bonchev–Trinajstić information content (AvgIpc) is 2.44. The maximum Gasteiger partial charge on any atom is 0.417 e. The van der Waals surface area contributed by atoms with Gasteiger partial charge in [-0.25, -0.2) is 9.78 Å². The van der Waals surface area contributed by atoms with Crippen LogP contribution in [0, 0.1) is 0 Å². The lowest BCUT2D eigenvalue weighted by molar-refractivity contribution is -0.137. The first-order valence-corrected chi connectivity index (χ1v) is 7.90. The molecule has 2 heterocycles. The summed E-state index contributed by atoms with van der Waals surface area (Å²) in [6.07, 6.45) is -3.70. The van der Waals surface area contributed by atoms with E-state index in [0.29, 0.717) is 32.0 Å². The third-order valence-corrected chi connectivity index (χ3v) is 3.78. The van der Waals surface area contributed by atoms with Crippen LogP contribution in [0.25, 0.3) is 0 Å². The highest BCUT2D eigenvalue weighted by atomic mass is 35.5. The van der Waals surface area contributed by atoms with E-state index in [0.717, 1.165) is 12.3 Å². The Balaban J connectivity index is 2.01. The van der Waals surface area contributed by atoms with Crippen LogP contribution < -0.4 is 10.2 Å². The number of urea groups is 1. The van der Waals surface area contributed by atoms with Gasteiger partial charge < -0.3 is 15.1 Å². The van der Waals surface area contributed by atoms with Crippen molar-refractivity contribution in [1.29, 1.82) is 0 Å². The zero-order valence-electron chi connectivity index (χ0n) is 13.7. The molecule has 0 unspecified atom stereocenters. The van der Waals surface area contributed by atoms with Crippen LogP contribution in [0.4, 0.5) is 23.8 Å². The normalized spacial score (nSPS) is 16.3. The summed E-state index contributed by atoms with van der Waals surface area (Å²) in [5.74, 6) is 0.306. The molecule has 1 N–H and O–H groups in total. The lowest BCUT2D eigenvalue weighted by Gasteiger charge is -2.37. The first kappa shape index (κ1) is 18.6. The second-order valence-corrected chi connectivity index (χ2v) is 7.09. The fourth-order valence-electron chi connectivity index (χ4n) is 2.34. The minimum absolute atomic E-state index is 0.0441. The van der Waals surface area contributed by atoms with E-state index < -0.39 is 11.7 Å². The van der Waals surface area contributed by atoms with Crippen LogP contribution >= 0.6 is 11.6 Å². The fourth-order valence-corrected chi connectivity index (χ4v) is 2.63. The lowest BCUT2D eigenvalue weighted by Crippen LogP contribution is -2.55. The molecule has 0 bridgehead atoms. The molecule has 0 aromatic carbocycles. The van der Waals surface area contributed by atoms with E-state index >= 15 is 0 Å². The van der Waals surface area contributed by atoms with Crippen molar-refractivity contribution in [3.8, 4) is 0 Å². The Kier molecular flexibility index (Phi) is 5.17. The SMILES string of the molecule is CC(C)(C)NC(=O)N1CCN(c2ncc(C(F)(F)F)cc2Cl)CC1. The summed E-state index contributed by atoms with van der Waals surface area (Å²) in [5, 5.41) is 2.84. The Labute approximate surface area is 143 Å². The Hall–Kier alpha value is -1.70. The van der Waals surface area contributed by atoms with Crippen LogP contribution in [-0.4, -0.2) is 47.6 Å². The van der Waals surface area contributed by atoms with E-state index in [1.165, 1.54) is 0 Å². The fraction of sp³-hybridized carbons (Fsp3) is 0.600. The summed E-state index contributed by atoms with van der Waals surface area (Å²) in [7, 11) is 0. The summed E-state index contributed by atoms with van der Waals surface area (Å²) in [4.78, 5) is 19.4. The number of nitrogens with zero attached hydrogens (tertiary/aromatic N) is 3. The van der Waals surface area contributed by atoms with Crippen LogP contribution in [-0.2, 0) is 6.18 Å². The van der Waals surface area contributed by atoms with Crippen molar-refractivity contribution in [2.24, 2.45) is 0 Å². The molecule has 24 heavy (non-hydrogen) atoms.